The highest BCUT2D eigenvalue weighted by atomic mass is 32.2. The highest BCUT2D eigenvalue weighted by Gasteiger charge is 2.10. The van der Waals surface area contributed by atoms with E-state index < -0.39 is 10.0 Å². The molecule has 0 atom stereocenters. The third-order valence-electron chi connectivity index (χ3n) is 5.63. The van der Waals surface area contributed by atoms with Gasteiger partial charge in [0.1, 0.15) is 0 Å². The fourth-order valence-corrected chi connectivity index (χ4v) is 4.38. The van der Waals surface area contributed by atoms with Crippen molar-refractivity contribution in [3.05, 3.63) is 101 Å². The van der Waals surface area contributed by atoms with Crippen LogP contribution in [0.4, 0.5) is 0 Å². The van der Waals surface area contributed by atoms with Crippen molar-refractivity contribution in [1.29, 1.82) is 0 Å². The molecule has 0 saturated carbocycles. The summed E-state index contributed by atoms with van der Waals surface area (Å²) in [5.74, 6) is 0. The van der Waals surface area contributed by atoms with Gasteiger partial charge < -0.3 is 9.88 Å². The van der Waals surface area contributed by atoms with Gasteiger partial charge in [-0.2, -0.15) is 0 Å². The van der Waals surface area contributed by atoms with Crippen molar-refractivity contribution in [2.45, 2.75) is 31.3 Å². The molecule has 0 amide bonds. The highest BCUT2D eigenvalue weighted by molar-refractivity contribution is 7.89. The van der Waals surface area contributed by atoms with Crippen molar-refractivity contribution in [2.75, 3.05) is 6.54 Å². The Morgan fingerprint density at radius 2 is 1.61 bits per heavy atom. The van der Waals surface area contributed by atoms with Crippen LogP contribution in [0.5, 0.6) is 0 Å². The second kappa shape index (κ2) is 9.06. The van der Waals surface area contributed by atoms with Crippen LogP contribution in [-0.4, -0.2) is 19.5 Å². The minimum absolute atomic E-state index is 0.144. The number of sulfonamides is 1. The lowest BCUT2D eigenvalue weighted by Gasteiger charge is -2.08. The van der Waals surface area contributed by atoms with Crippen LogP contribution in [-0.2, 0) is 29.5 Å². The van der Waals surface area contributed by atoms with Crippen molar-refractivity contribution in [1.82, 2.24) is 9.88 Å². The Labute approximate surface area is 183 Å². The largest absolute Gasteiger partial charge is 0.343 e. The number of fused-ring (bicyclic) bond motifs is 1. The maximum absolute atomic E-state index is 11.4. The molecule has 1 heterocycles. The van der Waals surface area contributed by atoms with Gasteiger partial charge in [0.05, 0.1) is 4.90 Å². The van der Waals surface area contributed by atoms with Gasteiger partial charge in [-0.3, -0.25) is 0 Å². The number of para-hydroxylation sites is 1. The summed E-state index contributed by atoms with van der Waals surface area (Å²) in [6, 6.07) is 23.8. The van der Waals surface area contributed by atoms with Gasteiger partial charge in [0.2, 0.25) is 10.0 Å². The zero-order valence-electron chi connectivity index (χ0n) is 17.6. The lowest BCUT2D eigenvalue weighted by atomic mass is 10.1. The van der Waals surface area contributed by atoms with E-state index in [9.17, 15) is 8.42 Å². The molecule has 1 aromatic heterocycles. The number of nitrogens with one attached hydrogen (secondary N) is 1. The summed E-state index contributed by atoms with van der Waals surface area (Å²) in [6.45, 7) is 4.57. The highest BCUT2D eigenvalue weighted by Crippen LogP contribution is 2.23. The van der Waals surface area contributed by atoms with E-state index in [4.69, 9.17) is 5.14 Å². The molecule has 6 heteroatoms. The van der Waals surface area contributed by atoms with E-state index in [0.717, 1.165) is 31.6 Å². The Bertz CT molecular complexity index is 1290. The standard InChI is InChI=1S/C25H27N3O2S/c1-19-6-2-3-7-21(19)17-28-18-22(24-8-4-5-9-25(24)28)16-27-15-14-20-10-12-23(13-11-20)31(26,29)30/h2-13,18,27H,14-17H2,1H3,(H2,26,29,30). The van der Waals surface area contributed by atoms with Gasteiger partial charge in [-0.05, 0) is 60.3 Å². The molecule has 160 valence electrons. The first-order chi connectivity index (χ1) is 14.9. The molecule has 0 aliphatic rings. The van der Waals surface area contributed by atoms with E-state index in [-0.39, 0.29) is 4.90 Å². The predicted molar refractivity (Wildman–Crippen MR) is 125 cm³/mol. The molecule has 0 aliphatic heterocycles. The van der Waals surface area contributed by atoms with Crippen LogP contribution >= 0.6 is 0 Å². The normalized spacial score (nSPS) is 11.8. The summed E-state index contributed by atoms with van der Waals surface area (Å²) in [5.41, 5.74) is 6.20. The molecule has 0 spiro atoms. The molecule has 31 heavy (non-hydrogen) atoms. The van der Waals surface area contributed by atoms with Crippen molar-refractivity contribution >= 4 is 20.9 Å². The topological polar surface area (TPSA) is 77.1 Å². The minimum atomic E-state index is -3.64. The number of rotatable bonds is 8. The number of nitrogens with two attached hydrogens (primary N) is 1. The second-order valence-corrected chi connectivity index (χ2v) is 9.40. The molecule has 0 radical (unpaired) electrons. The van der Waals surface area contributed by atoms with E-state index in [2.05, 4.69) is 71.5 Å². The summed E-state index contributed by atoms with van der Waals surface area (Å²) >= 11 is 0. The fourth-order valence-electron chi connectivity index (χ4n) is 3.87. The molecule has 0 aliphatic carbocycles. The van der Waals surface area contributed by atoms with Crippen LogP contribution in [0.1, 0.15) is 22.3 Å². The average molecular weight is 434 g/mol. The Kier molecular flexibility index (Phi) is 6.23. The summed E-state index contributed by atoms with van der Waals surface area (Å²) in [4.78, 5) is 0.144. The van der Waals surface area contributed by atoms with Crippen LogP contribution in [0.3, 0.4) is 0 Å². The molecule has 3 N–H and O–H groups in total. The lowest BCUT2D eigenvalue weighted by Crippen LogP contribution is -2.17. The Morgan fingerprint density at radius 3 is 2.35 bits per heavy atom. The van der Waals surface area contributed by atoms with Gasteiger partial charge >= 0.3 is 0 Å². The zero-order valence-corrected chi connectivity index (χ0v) is 18.4. The zero-order chi connectivity index (χ0) is 21.8. The third-order valence-corrected chi connectivity index (χ3v) is 6.56. The predicted octanol–water partition coefficient (Wildman–Crippen LogP) is 3.98. The SMILES string of the molecule is Cc1ccccc1Cn1cc(CNCCc2ccc(S(N)(=O)=O)cc2)c2ccccc21. The molecule has 4 aromatic rings. The van der Waals surface area contributed by atoms with Crippen LogP contribution < -0.4 is 10.5 Å². The molecule has 5 nitrogen and oxygen atoms in total. The number of hydrogen-bond donors (Lipinski definition) is 2. The van der Waals surface area contributed by atoms with E-state index >= 15 is 0 Å². The van der Waals surface area contributed by atoms with E-state index in [1.165, 1.54) is 27.6 Å². The number of benzene rings is 3. The van der Waals surface area contributed by atoms with Crippen LogP contribution in [0.2, 0.25) is 0 Å². The van der Waals surface area contributed by atoms with E-state index in [1.54, 1.807) is 12.1 Å². The maximum atomic E-state index is 11.4. The van der Waals surface area contributed by atoms with E-state index in [0.29, 0.717) is 0 Å². The molecule has 4 rings (SSSR count). The van der Waals surface area contributed by atoms with Gasteiger partial charge in [0, 0.05) is 30.2 Å². The van der Waals surface area contributed by atoms with Crippen molar-refractivity contribution in [3.8, 4) is 0 Å². The number of primary sulfonamides is 1. The average Bonchev–Trinajstić information content (AvgIpc) is 3.10. The van der Waals surface area contributed by atoms with Crippen LogP contribution in [0, 0.1) is 6.92 Å². The Balaban J connectivity index is 1.42. The fraction of sp³-hybridized carbons (Fsp3) is 0.200. The molecule has 0 bridgehead atoms. The number of aryl methyl sites for hydroxylation is 1. The minimum Gasteiger partial charge on any atom is -0.343 e. The lowest BCUT2D eigenvalue weighted by molar-refractivity contribution is 0.597. The smallest absolute Gasteiger partial charge is 0.238 e. The van der Waals surface area contributed by atoms with Gasteiger partial charge in [-0.1, -0.05) is 54.6 Å². The van der Waals surface area contributed by atoms with Gasteiger partial charge in [-0.15, -0.1) is 0 Å². The van der Waals surface area contributed by atoms with Gasteiger partial charge in [-0.25, -0.2) is 13.6 Å². The molecule has 0 saturated heterocycles. The van der Waals surface area contributed by atoms with Gasteiger partial charge in [0.15, 0.2) is 0 Å². The first kappa shape index (κ1) is 21.3. The summed E-state index contributed by atoms with van der Waals surface area (Å²) in [5, 5.41) is 9.94. The Hall–Kier alpha value is -2.93. The number of nitrogens with zero attached hydrogens (tertiary/aromatic N) is 1. The van der Waals surface area contributed by atoms with Crippen LogP contribution in [0.25, 0.3) is 10.9 Å². The van der Waals surface area contributed by atoms with E-state index in [1.807, 2.05) is 12.1 Å². The monoisotopic (exact) mass is 433 g/mol. The quantitative estimate of drug-likeness (QED) is 0.413. The summed E-state index contributed by atoms with van der Waals surface area (Å²) in [6.07, 6.45) is 3.05. The summed E-state index contributed by atoms with van der Waals surface area (Å²) < 4.78 is 25.1. The van der Waals surface area contributed by atoms with Crippen molar-refractivity contribution < 1.29 is 8.42 Å². The van der Waals surface area contributed by atoms with Crippen molar-refractivity contribution in [2.24, 2.45) is 5.14 Å². The molecule has 3 aromatic carbocycles. The Morgan fingerprint density at radius 1 is 0.903 bits per heavy atom. The first-order valence-corrected chi connectivity index (χ1v) is 11.9. The molecular weight excluding hydrogens is 406 g/mol. The summed E-state index contributed by atoms with van der Waals surface area (Å²) in [7, 11) is -3.64. The number of aromatic nitrogens is 1. The molecular formula is C25H27N3O2S. The van der Waals surface area contributed by atoms with Crippen LogP contribution in [0.15, 0.2) is 83.9 Å². The van der Waals surface area contributed by atoms with Crippen molar-refractivity contribution in [3.63, 3.8) is 0 Å². The molecule has 0 unspecified atom stereocenters. The third kappa shape index (κ3) is 5.05. The first-order valence-electron chi connectivity index (χ1n) is 10.4. The second-order valence-electron chi connectivity index (χ2n) is 7.84. The van der Waals surface area contributed by atoms with Gasteiger partial charge in [0.25, 0.3) is 0 Å². The maximum Gasteiger partial charge on any atom is 0.238 e. The number of hydrogen-bond acceptors (Lipinski definition) is 3. The molecule has 0 fully saturated rings.